The van der Waals surface area contributed by atoms with Gasteiger partial charge in [0.2, 0.25) is 0 Å². The Bertz CT molecular complexity index is 563. The summed E-state index contributed by atoms with van der Waals surface area (Å²) in [7, 11) is 0. The van der Waals surface area contributed by atoms with Gasteiger partial charge < -0.3 is 15.3 Å². The molecule has 0 saturated heterocycles. The highest BCUT2D eigenvalue weighted by molar-refractivity contribution is 5.74. The van der Waals surface area contributed by atoms with Crippen molar-refractivity contribution in [2.75, 3.05) is 0 Å². The summed E-state index contributed by atoms with van der Waals surface area (Å²) in [5.41, 5.74) is 2.07. The molecule has 5 heteroatoms. The number of benzene rings is 1. The molecule has 0 unspecified atom stereocenters. The lowest BCUT2D eigenvalue weighted by Crippen LogP contribution is -2.14. The van der Waals surface area contributed by atoms with E-state index in [1.54, 1.807) is 6.20 Å². The van der Waals surface area contributed by atoms with Gasteiger partial charge in [0.25, 0.3) is 0 Å². The SMILES string of the molecule is c1ccc2[nH]c(CNCc3ncc[nH]3)nc2c1. The predicted octanol–water partition coefficient (Wildman–Crippen LogP) is 1.58. The first-order chi connectivity index (χ1) is 8.42. The molecule has 2 aromatic heterocycles. The maximum Gasteiger partial charge on any atom is 0.121 e. The lowest BCUT2D eigenvalue weighted by molar-refractivity contribution is 0.649. The smallest absolute Gasteiger partial charge is 0.121 e. The number of H-pyrrole nitrogens is 2. The van der Waals surface area contributed by atoms with E-state index in [-0.39, 0.29) is 0 Å². The molecule has 0 saturated carbocycles. The Morgan fingerprint density at radius 1 is 1.12 bits per heavy atom. The van der Waals surface area contributed by atoms with Crippen molar-refractivity contribution in [3.05, 3.63) is 48.3 Å². The Labute approximate surface area is 98.3 Å². The van der Waals surface area contributed by atoms with Crippen LogP contribution in [0, 0.1) is 0 Å². The van der Waals surface area contributed by atoms with E-state index < -0.39 is 0 Å². The van der Waals surface area contributed by atoms with Crippen LogP contribution in [0.5, 0.6) is 0 Å². The van der Waals surface area contributed by atoms with Gasteiger partial charge in [-0.3, -0.25) is 0 Å². The molecule has 5 nitrogen and oxygen atoms in total. The van der Waals surface area contributed by atoms with Crippen LogP contribution in [0.15, 0.2) is 36.7 Å². The first-order valence-electron chi connectivity index (χ1n) is 5.54. The Balaban J connectivity index is 1.65. The van der Waals surface area contributed by atoms with Crippen LogP contribution >= 0.6 is 0 Å². The second-order valence-electron chi connectivity index (χ2n) is 3.84. The van der Waals surface area contributed by atoms with Crippen LogP contribution in [0.1, 0.15) is 11.6 Å². The Kier molecular flexibility index (Phi) is 2.59. The Hall–Kier alpha value is -2.14. The van der Waals surface area contributed by atoms with Crippen LogP contribution in [0.2, 0.25) is 0 Å². The Morgan fingerprint density at radius 3 is 2.82 bits per heavy atom. The highest BCUT2D eigenvalue weighted by Gasteiger charge is 2.01. The largest absolute Gasteiger partial charge is 0.348 e. The van der Waals surface area contributed by atoms with Gasteiger partial charge in [-0.1, -0.05) is 12.1 Å². The molecule has 3 rings (SSSR count). The number of imidazole rings is 2. The molecule has 0 amide bonds. The van der Waals surface area contributed by atoms with E-state index in [1.165, 1.54) is 0 Å². The number of aromatic amines is 2. The molecule has 3 N–H and O–H groups in total. The van der Waals surface area contributed by atoms with Crippen molar-refractivity contribution in [1.29, 1.82) is 0 Å². The summed E-state index contributed by atoms with van der Waals surface area (Å²) in [5.74, 6) is 1.87. The monoisotopic (exact) mass is 227 g/mol. The van der Waals surface area contributed by atoms with Crippen molar-refractivity contribution in [1.82, 2.24) is 25.3 Å². The summed E-state index contributed by atoms with van der Waals surface area (Å²) < 4.78 is 0. The van der Waals surface area contributed by atoms with Crippen molar-refractivity contribution in [3.8, 4) is 0 Å². The van der Waals surface area contributed by atoms with Crippen LogP contribution in [-0.4, -0.2) is 19.9 Å². The molecule has 86 valence electrons. The van der Waals surface area contributed by atoms with Crippen molar-refractivity contribution >= 4 is 11.0 Å². The molecule has 0 aliphatic carbocycles. The van der Waals surface area contributed by atoms with Gasteiger partial charge >= 0.3 is 0 Å². The number of hydrogen-bond donors (Lipinski definition) is 3. The second-order valence-corrected chi connectivity index (χ2v) is 3.84. The first kappa shape index (κ1) is 10.0. The van der Waals surface area contributed by atoms with Crippen LogP contribution in [0.3, 0.4) is 0 Å². The number of fused-ring (bicyclic) bond motifs is 1. The number of hydrogen-bond acceptors (Lipinski definition) is 3. The summed E-state index contributed by atoms with van der Waals surface area (Å²) in [6.45, 7) is 1.42. The van der Waals surface area contributed by atoms with Crippen LogP contribution in [-0.2, 0) is 13.1 Å². The zero-order valence-electron chi connectivity index (χ0n) is 9.27. The van der Waals surface area contributed by atoms with Crippen molar-refractivity contribution in [3.63, 3.8) is 0 Å². The minimum absolute atomic E-state index is 0.704. The second kappa shape index (κ2) is 4.39. The van der Waals surface area contributed by atoms with Gasteiger partial charge in [-0.2, -0.15) is 0 Å². The number of nitrogens with zero attached hydrogens (tertiary/aromatic N) is 2. The summed E-state index contributed by atoms with van der Waals surface area (Å²) in [6.07, 6.45) is 3.57. The van der Waals surface area contributed by atoms with Gasteiger partial charge in [0.1, 0.15) is 11.6 Å². The third-order valence-corrected chi connectivity index (χ3v) is 2.58. The molecule has 17 heavy (non-hydrogen) atoms. The average molecular weight is 227 g/mol. The summed E-state index contributed by atoms with van der Waals surface area (Å²) in [5, 5.41) is 3.28. The molecular weight excluding hydrogens is 214 g/mol. The van der Waals surface area contributed by atoms with Gasteiger partial charge in [-0.15, -0.1) is 0 Å². The fraction of sp³-hybridized carbons (Fsp3) is 0.167. The lowest BCUT2D eigenvalue weighted by Gasteiger charge is -1.98. The standard InChI is InChI=1S/C12H13N5/c1-2-4-10-9(3-1)16-12(17-10)8-13-7-11-14-5-6-15-11/h1-6,13H,7-8H2,(H,14,15)(H,16,17). The number of aromatic nitrogens is 4. The van der Waals surface area contributed by atoms with E-state index in [0.29, 0.717) is 13.1 Å². The van der Waals surface area contributed by atoms with Gasteiger partial charge in [0.15, 0.2) is 0 Å². The summed E-state index contributed by atoms with van der Waals surface area (Å²) in [6, 6.07) is 8.02. The van der Waals surface area contributed by atoms with E-state index in [2.05, 4.69) is 25.3 Å². The van der Waals surface area contributed by atoms with Crippen molar-refractivity contribution in [2.24, 2.45) is 0 Å². The highest BCUT2D eigenvalue weighted by atomic mass is 15.0. The topological polar surface area (TPSA) is 69.4 Å². The fourth-order valence-electron chi connectivity index (χ4n) is 1.78. The van der Waals surface area contributed by atoms with Crippen LogP contribution < -0.4 is 5.32 Å². The van der Waals surface area contributed by atoms with Crippen molar-refractivity contribution < 1.29 is 0 Å². The van der Waals surface area contributed by atoms with E-state index >= 15 is 0 Å². The van der Waals surface area contributed by atoms with Crippen LogP contribution in [0.4, 0.5) is 0 Å². The van der Waals surface area contributed by atoms with Crippen LogP contribution in [0.25, 0.3) is 11.0 Å². The van der Waals surface area contributed by atoms with Gasteiger partial charge in [0.05, 0.1) is 24.1 Å². The average Bonchev–Trinajstić information content (AvgIpc) is 2.96. The molecule has 0 spiro atoms. The molecule has 0 aliphatic heterocycles. The zero-order chi connectivity index (χ0) is 11.5. The van der Waals surface area contributed by atoms with Gasteiger partial charge in [0, 0.05) is 12.4 Å². The molecule has 3 aromatic rings. The quantitative estimate of drug-likeness (QED) is 0.633. The molecule has 2 heterocycles. The summed E-state index contributed by atoms with van der Waals surface area (Å²) in [4.78, 5) is 14.9. The maximum absolute atomic E-state index is 4.48. The molecule has 0 fully saturated rings. The van der Waals surface area contributed by atoms with E-state index in [9.17, 15) is 0 Å². The van der Waals surface area contributed by atoms with Crippen molar-refractivity contribution in [2.45, 2.75) is 13.1 Å². The van der Waals surface area contributed by atoms with Gasteiger partial charge in [-0.05, 0) is 12.1 Å². The number of rotatable bonds is 4. The fourth-order valence-corrected chi connectivity index (χ4v) is 1.78. The molecule has 0 bridgehead atoms. The first-order valence-corrected chi connectivity index (χ1v) is 5.54. The lowest BCUT2D eigenvalue weighted by atomic mass is 10.3. The number of para-hydroxylation sites is 2. The maximum atomic E-state index is 4.48. The predicted molar refractivity (Wildman–Crippen MR) is 65.2 cm³/mol. The van der Waals surface area contributed by atoms with Gasteiger partial charge in [-0.25, -0.2) is 9.97 Å². The zero-order valence-corrected chi connectivity index (χ0v) is 9.27. The van der Waals surface area contributed by atoms with E-state index in [0.717, 1.165) is 22.7 Å². The highest BCUT2D eigenvalue weighted by Crippen LogP contribution is 2.09. The Morgan fingerprint density at radius 2 is 2.00 bits per heavy atom. The third-order valence-electron chi connectivity index (χ3n) is 2.58. The minimum atomic E-state index is 0.704. The third kappa shape index (κ3) is 2.19. The molecule has 0 aliphatic rings. The molecule has 0 radical (unpaired) electrons. The summed E-state index contributed by atoms with van der Waals surface area (Å²) >= 11 is 0. The van der Waals surface area contributed by atoms with E-state index in [4.69, 9.17) is 0 Å². The minimum Gasteiger partial charge on any atom is -0.348 e. The molecule has 0 atom stereocenters. The molecule has 1 aromatic carbocycles. The van der Waals surface area contributed by atoms with E-state index in [1.807, 2.05) is 30.5 Å². The number of nitrogens with one attached hydrogen (secondary N) is 3. The normalized spacial score (nSPS) is 11.1. The molecular formula is C12H13N5.